The van der Waals surface area contributed by atoms with Gasteiger partial charge in [0.1, 0.15) is 0 Å². The zero-order valence-corrected chi connectivity index (χ0v) is 13.6. The second kappa shape index (κ2) is 9.10. The molecule has 1 aromatic rings. The van der Waals surface area contributed by atoms with Crippen LogP contribution in [0.25, 0.3) is 0 Å². The second-order valence-electron chi connectivity index (χ2n) is 5.01. The van der Waals surface area contributed by atoms with Gasteiger partial charge in [0.2, 0.25) is 0 Å². The summed E-state index contributed by atoms with van der Waals surface area (Å²) in [5.74, 6) is 0.332. The first-order valence-corrected chi connectivity index (χ1v) is 7.84. The zero-order valence-electron chi connectivity index (χ0n) is 12.8. The summed E-state index contributed by atoms with van der Waals surface area (Å²) < 4.78 is 10.2. The number of methoxy groups -OCH3 is 1. The van der Waals surface area contributed by atoms with Crippen LogP contribution in [0.4, 0.5) is 0 Å². The molecule has 0 amide bonds. The highest BCUT2D eigenvalue weighted by Crippen LogP contribution is 2.18. The maximum absolute atomic E-state index is 11.2. The van der Waals surface area contributed by atoms with E-state index in [4.69, 9.17) is 4.74 Å². The van der Waals surface area contributed by atoms with Crippen LogP contribution < -0.4 is 5.32 Å². The molecule has 4 nitrogen and oxygen atoms in total. The van der Waals surface area contributed by atoms with Crippen LogP contribution in [-0.4, -0.2) is 32.3 Å². The van der Waals surface area contributed by atoms with Gasteiger partial charge in [0, 0.05) is 28.9 Å². The summed E-state index contributed by atoms with van der Waals surface area (Å²) in [6, 6.07) is 4.40. The van der Waals surface area contributed by atoms with Crippen LogP contribution in [-0.2, 0) is 27.2 Å². The number of carbonyl (C=O) groups is 1. The lowest BCUT2D eigenvalue weighted by Crippen LogP contribution is -2.37. The normalized spacial score (nSPS) is 12.7. The highest BCUT2D eigenvalue weighted by atomic mass is 32.1. The molecule has 1 heterocycles. The third kappa shape index (κ3) is 6.03. The number of thiophene rings is 1. The molecule has 0 aliphatic heterocycles. The van der Waals surface area contributed by atoms with E-state index in [2.05, 4.69) is 30.0 Å². The third-order valence-electron chi connectivity index (χ3n) is 3.11. The van der Waals surface area contributed by atoms with Gasteiger partial charge in [-0.25, -0.2) is 0 Å². The van der Waals surface area contributed by atoms with Crippen molar-refractivity contribution < 1.29 is 14.3 Å². The fourth-order valence-corrected chi connectivity index (χ4v) is 2.74. The van der Waals surface area contributed by atoms with Crippen LogP contribution in [0.1, 0.15) is 30.5 Å². The van der Waals surface area contributed by atoms with Gasteiger partial charge in [-0.1, -0.05) is 13.8 Å². The van der Waals surface area contributed by atoms with E-state index in [0.717, 1.165) is 24.6 Å². The molecule has 114 valence electrons. The molecule has 1 unspecified atom stereocenters. The summed E-state index contributed by atoms with van der Waals surface area (Å²) in [6.07, 6.45) is 0.355. The Morgan fingerprint density at radius 1 is 1.35 bits per heavy atom. The molecule has 0 aromatic carbocycles. The van der Waals surface area contributed by atoms with Crippen LogP contribution in [0, 0.1) is 5.92 Å². The van der Waals surface area contributed by atoms with Crippen LogP contribution >= 0.6 is 11.3 Å². The van der Waals surface area contributed by atoms with Gasteiger partial charge in [-0.2, -0.15) is 0 Å². The molecule has 20 heavy (non-hydrogen) atoms. The summed E-state index contributed by atoms with van der Waals surface area (Å²) in [7, 11) is 1.42. The molecule has 0 aliphatic carbocycles. The highest BCUT2D eigenvalue weighted by Gasteiger charge is 2.13. The van der Waals surface area contributed by atoms with Crippen molar-refractivity contribution in [1.29, 1.82) is 0 Å². The fraction of sp³-hybridized carbons (Fsp3) is 0.667. The number of hydrogen-bond acceptors (Lipinski definition) is 5. The lowest BCUT2D eigenvalue weighted by molar-refractivity contribution is -0.139. The Morgan fingerprint density at radius 2 is 2.05 bits per heavy atom. The Kier molecular flexibility index (Phi) is 7.80. The van der Waals surface area contributed by atoms with E-state index in [1.807, 2.05) is 13.0 Å². The molecule has 1 atom stereocenters. The SMILES string of the molecule is CCOCC(NCc1ccc(CC(=O)OC)s1)C(C)C. The predicted octanol–water partition coefficient (Wildman–Crippen LogP) is 2.61. The van der Waals surface area contributed by atoms with Gasteiger partial charge in [0.15, 0.2) is 0 Å². The molecule has 0 fully saturated rings. The van der Waals surface area contributed by atoms with Crippen LogP contribution in [0.2, 0.25) is 0 Å². The largest absolute Gasteiger partial charge is 0.469 e. The number of esters is 1. The van der Waals surface area contributed by atoms with E-state index in [9.17, 15) is 4.79 Å². The first-order valence-electron chi connectivity index (χ1n) is 7.02. The molecular formula is C15H25NO3S. The monoisotopic (exact) mass is 299 g/mol. The molecule has 0 bridgehead atoms. The Morgan fingerprint density at radius 3 is 2.65 bits per heavy atom. The van der Waals surface area contributed by atoms with Gasteiger partial charge < -0.3 is 14.8 Å². The van der Waals surface area contributed by atoms with Crippen molar-refractivity contribution in [2.45, 2.75) is 39.8 Å². The van der Waals surface area contributed by atoms with Crippen molar-refractivity contribution in [3.8, 4) is 0 Å². The minimum Gasteiger partial charge on any atom is -0.469 e. The number of nitrogens with one attached hydrogen (secondary N) is 1. The minimum absolute atomic E-state index is 0.192. The van der Waals surface area contributed by atoms with Gasteiger partial charge >= 0.3 is 5.97 Å². The van der Waals surface area contributed by atoms with Crippen molar-refractivity contribution in [2.24, 2.45) is 5.92 Å². The number of ether oxygens (including phenoxy) is 2. The average molecular weight is 299 g/mol. The van der Waals surface area contributed by atoms with Crippen molar-refractivity contribution in [1.82, 2.24) is 5.32 Å². The van der Waals surface area contributed by atoms with E-state index in [1.165, 1.54) is 12.0 Å². The number of hydrogen-bond donors (Lipinski definition) is 1. The smallest absolute Gasteiger partial charge is 0.310 e. The standard InChI is InChI=1S/C15H25NO3S/c1-5-19-10-14(11(2)3)16-9-13-7-6-12(20-13)8-15(17)18-4/h6-7,11,14,16H,5,8-10H2,1-4H3. The van der Waals surface area contributed by atoms with Crippen LogP contribution in [0.15, 0.2) is 12.1 Å². The molecule has 1 aromatic heterocycles. The second-order valence-corrected chi connectivity index (χ2v) is 6.26. The average Bonchev–Trinajstić information content (AvgIpc) is 2.85. The van der Waals surface area contributed by atoms with Gasteiger partial charge in [-0.05, 0) is 25.0 Å². The topological polar surface area (TPSA) is 47.6 Å². The van der Waals surface area contributed by atoms with E-state index >= 15 is 0 Å². The Hall–Kier alpha value is -0.910. The molecule has 0 saturated carbocycles. The van der Waals surface area contributed by atoms with Crippen molar-refractivity contribution in [3.05, 3.63) is 21.9 Å². The van der Waals surface area contributed by atoms with Crippen LogP contribution in [0.5, 0.6) is 0 Å². The summed E-state index contributed by atoms with van der Waals surface area (Å²) in [4.78, 5) is 13.5. The Labute approximate surface area is 125 Å². The first kappa shape index (κ1) is 17.1. The van der Waals surface area contributed by atoms with Gasteiger partial charge in [-0.3, -0.25) is 4.79 Å². The van der Waals surface area contributed by atoms with Crippen molar-refractivity contribution >= 4 is 17.3 Å². The van der Waals surface area contributed by atoms with Crippen LogP contribution in [0.3, 0.4) is 0 Å². The Bertz CT molecular complexity index is 404. The number of rotatable bonds is 9. The number of carbonyl (C=O) groups excluding carboxylic acids is 1. The zero-order chi connectivity index (χ0) is 15.0. The summed E-state index contributed by atoms with van der Waals surface area (Å²) in [5, 5.41) is 3.52. The van der Waals surface area contributed by atoms with Gasteiger partial charge in [0.05, 0.1) is 20.1 Å². The molecule has 0 aliphatic rings. The van der Waals surface area contributed by atoms with Gasteiger partial charge in [0.25, 0.3) is 0 Å². The van der Waals surface area contributed by atoms with E-state index in [1.54, 1.807) is 11.3 Å². The highest BCUT2D eigenvalue weighted by molar-refractivity contribution is 7.12. The molecule has 0 spiro atoms. The Balaban J connectivity index is 2.45. The lowest BCUT2D eigenvalue weighted by Gasteiger charge is -2.21. The van der Waals surface area contributed by atoms with E-state index in [-0.39, 0.29) is 5.97 Å². The maximum atomic E-state index is 11.2. The predicted molar refractivity (Wildman–Crippen MR) is 82.0 cm³/mol. The van der Waals surface area contributed by atoms with Crippen molar-refractivity contribution in [2.75, 3.05) is 20.3 Å². The fourth-order valence-electron chi connectivity index (χ4n) is 1.79. The molecule has 0 saturated heterocycles. The quantitative estimate of drug-likeness (QED) is 0.712. The minimum atomic E-state index is -0.192. The maximum Gasteiger partial charge on any atom is 0.310 e. The van der Waals surface area contributed by atoms with E-state index in [0.29, 0.717) is 18.4 Å². The summed E-state index contributed by atoms with van der Waals surface area (Å²) in [6.45, 7) is 8.67. The molecule has 0 radical (unpaired) electrons. The van der Waals surface area contributed by atoms with E-state index < -0.39 is 0 Å². The lowest BCUT2D eigenvalue weighted by atomic mass is 10.1. The molecule has 1 N–H and O–H groups in total. The summed E-state index contributed by atoms with van der Waals surface area (Å²) >= 11 is 1.65. The third-order valence-corrected chi connectivity index (χ3v) is 4.19. The summed E-state index contributed by atoms with van der Waals surface area (Å²) in [5.41, 5.74) is 0. The van der Waals surface area contributed by atoms with Gasteiger partial charge in [-0.15, -0.1) is 11.3 Å². The molecule has 5 heteroatoms. The first-order chi connectivity index (χ1) is 9.56. The van der Waals surface area contributed by atoms with Crippen molar-refractivity contribution in [3.63, 3.8) is 0 Å². The molecular weight excluding hydrogens is 274 g/mol. The molecule has 1 rings (SSSR count).